The smallest absolute Gasteiger partial charge is 0.251 e. The predicted octanol–water partition coefficient (Wildman–Crippen LogP) is 4.88. The Morgan fingerprint density at radius 1 is 1.05 bits per heavy atom. The van der Waals surface area contributed by atoms with Gasteiger partial charge >= 0.3 is 0 Å². The minimum Gasteiger partial charge on any atom is -0.489 e. The van der Waals surface area contributed by atoms with Crippen molar-refractivity contribution < 1.29 is 19.1 Å². The average Bonchev–Trinajstić information content (AvgIpc) is 3.66. The van der Waals surface area contributed by atoms with Gasteiger partial charge in [0.15, 0.2) is 5.78 Å². The quantitative estimate of drug-likeness (QED) is 0.361. The maximum atomic E-state index is 14.9. The lowest BCUT2D eigenvalue weighted by Gasteiger charge is -2.43. The van der Waals surface area contributed by atoms with Crippen LogP contribution in [0, 0.1) is 19.8 Å². The van der Waals surface area contributed by atoms with Gasteiger partial charge in [-0.1, -0.05) is 60.7 Å². The van der Waals surface area contributed by atoms with E-state index in [1.54, 1.807) is 18.2 Å². The fraction of sp³-hybridized carbons (Fsp3) is 0.303. The number of carbonyl (C=O) groups excluding carboxylic acids is 3. The zero-order valence-electron chi connectivity index (χ0n) is 22.6. The fourth-order valence-corrected chi connectivity index (χ4v) is 8.15. The highest BCUT2D eigenvalue weighted by Gasteiger charge is 2.81. The zero-order valence-corrected chi connectivity index (χ0v) is 22.6. The van der Waals surface area contributed by atoms with Gasteiger partial charge in [-0.05, 0) is 62.6 Å². The molecule has 40 heavy (non-hydrogen) atoms. The number of hydrogen-bond acceptors (Lipinski definition) is 5. The van der Waals surface area contributed by atoms with Crippen molar-refractivity contribution >= 4 is 29.0 Å². The predicted molar refractivity (Wildman–Crippen MR) is 153 cm³/mol. The van der Waals surface area contributed by atoms with Crippen LogP contribution < -0.4 is 15.4 Å². The molecule has 7 nitrogen and oxygen atoms in total. The maximum Gasteiger partial charge on any atom is 0.251 e. The molecule has 2 fully saturated rings. The highest BCUT2D eigenvalue weighted by molar-refractivity contribution is 6.21. The van der Waals surface area contributed by atoms with E-state index in [1.165, 1.54) is 0 Å². The van der Waals surface area contributed by atoms with Crippen LogP contribution >= 0.6 is 0 Å². The van der Waals surface area contributed by atoms with E-state index in [0.29, 0.717) is 35.5 Å². The van der Waals surface area contributed by atoms with Gasteiger partial charge in [0.25, 0.3) is 5.91 Å². The summed E-state index contributed by atoms with van der Waals surface area (Å²) in [5.41, 5.74) is 2.35. The van der Waals surface area contributed by atoms with Gasteiger partial charge < -0.3 is 15.4 Å². The first kappa shape index (κ1) is 24.8. The molecule has 0 unspecified atom stereocenters. The number of nitrogens with one attached hydrogen (secondary N) is 2. The summed E-state index contributed by atoms with van der Waals surface area (Å²) in [6.45, 7) is 8.58. The standard InChI is InChI=1S/C33H31N3O4/c1-4-16-40-26-14-8-5-10-21(26)29(37)27-25-13-9-15-36(25)33(23-18-19(2)17-20(3)28(23)35-31(33)39)32(27)22-11-6-7-12-24(22)34-30(32)38/h4-8,10-12,14,17-18,25,27H,1,9,13,15-16H2,2-3H3,(H,34,38)(H,35,39)/t25-,27-,32+,33+/m0/s1. The van der Waals surface area contributed by atoms with Crippen LogP contribution in [0.1, 0.15) is 45.5 Å². The summed E-state index contributed by atoms with van der Waals surface area (Å²) in [7, 11) is 0. The molecule has 2 saturated heterocycles. The largest absolute Gasteiger partial charge is 0.489 e. The fourth-order valence-electron chi connectivity index (χ4n) is 8.15. The van der Waals surface area contributed by atoms with Crippen molar-refractivity contribution in [3.05, 3.63) is 101 Å². The number of carbonyl (C=O) groups is 3. The lowest BCUT2D eigenvalue weighted by Crippen LogP contribution is -2.62. The Labute approximate surface area is 233 Å². The van der Waals surface area contributed by atoms with E-state index in [2.05, 4.69) is 22.1 Å². The number of ketones is 1. The molecule has 3 aromatic rings. The van der Waals surface area contributed by atoms with Gasteiger partial charge in [0.2, 0.25) is 5.91 Å². The molecular formula is C33H31N3O4. The minimum absolute atomic E-state index is 0.189. The molecule has 2 amide bonds. The second kappa shape index (κ2) is 8.63. The third-order valence-electron chi connectivity index (χ3n) is 9.34. The van der Waals surface area contributed by atoms with Gasteiger partial charge in [0.1, 0.15) is 23.3 Å². The minimum atomic E-state index is -1.48. The number of rotatable bonds is 5. The van der Waals surface area contributed by atoms with Crippen molar-refractivity contribution in [1.82, 2.24) is 4.90 Å². The number of hydrogen-bond donors (Lipinski definition) is 2. The first-order chi connectivity index (χ1) is 19.4. The first-order valence-corrected chi connectivity index (χ1v) is 13.8. The van der Waals surface area contributed by atoms with Gasteiger partial charge in [-0.3, -0.25) is 19.3 Å². The molecule has 3 aromatic carbocycles. The van der Waals surface area contributed by atoms with E-state index in [-0.39, 0.29) is 30.2 Å². The summed E-state index contributed by atoms with van der Waals surface area (Å²) in [6.07, 6.45) is 3.17. The Morgan fingerprint density at radius 3 is 2.65 bits per heavy atom. The molecule has 4 aliphatic heterocycles. The number of benzene rings is 3. The highest BCUT2D eigenvalue weighted by Crippen LogP contribution is 2.68. The van der Waals surface area contributed by atoms with E-state index in [1.807, 2.05) is 62.4 Å². The topological polar surface area (TPSA) is 87.7 Å². The molecule has 202 valence electrons. The third kappa shape index (κ3) is 2.85. The van der Waals surface area contributed by atoms with E-state index in [9.17, 15) is 14.4 Å². The monoisotopic (exact) mass is 533 g/mol. The molecule has 4 aliphatic rings. The van der Waals surface area contributed by atoms with Crippen molar-refractivity contribution in [3.8, 4) is 5.75 Å². The lowest BCUT2D eigenvalue weighted by molar-refractivity contribution is -0.137. The Balaban J connectivity index is 1.57. The van der Waals surface area contributed by atoms with Crippen LogP contribution in [0.2, 0.25) is 0 Å². The summed E-state index contributed by atoms with van der Waals surface area (Å²) in [5.74, 6) is -1.12. The van der Waals surface area contributed by atoms with Crippen molar-refractivity contribution in [3.63, 3.8) is 0 Å². The van der Waals surface area contributed by atoms with E-state index >= 15 is 0 Å². The second-order valence-electron chi connectivity index (χ2n) is 11.3. The molecule has 0 saturated carbocycles. The van der Waals surface area contributed by atoms with E-state index < -0.39 is 16.9 Å². The van der Waals surface area contributed by atoms with Crippen LogP contribution in [-0.2, 0) is 20.5 Å². The number of fused-ring (bicyclic) bond motifs is 7. The molecular weight excluding hydrogens is 502 g/mol. The first-order valence-electron chi connectivity index (χ1n) is 13.8. The van der Waals surface area contributed by atoms with Crippen LogP contribution in [-0.4, -0.2) is 41.7 Å². The van der Waals surface area contributed by atoms with Gasteiger partial charge in [-0.15, -0.1) is 0 Å². The number of para-hydroxylation sites is 2. The number of anilines is 2. The van der Waals surface area contributed by atoms with Crippen molar-refractivity contribution in [2.75, 3.05) is 23.8 Å². The Bertz CT molecular complexity index is 1630. The van der Waals surface area contributed by atoms with Crippen molar-refractivity contribution in [2.45, 2.75) is 43.7 Å². The summed E-state index contributed by atoms with van der Waals surface area (Å²) in [4.78, 5) is 46.4. The third-order valence-corrected chi connectivity index (χ3v) is 9.34. The highest BCUT2D eigenvalue weighted by atomic mass is 16.5. The molecule has 2 spiro atoms. The van der Waals surface area contributed by atoms with Crippen LogP contribution in [0.25, 0.3) is 0 Å². The summed E-state index contributed by atoms with van der Waals surface area (Å²) in [6, 6.07) is 18.4. The van der Waals surface area contributed by atoms with Crippen molar-refractivity contribution in [1.29, 1.82) is 0 Å². The normalized spacial score (nSPS) is 27.9. The zero-order chi connectivity index (χ0) is 27.8. The number of aryl methyl sites for hydroxylation is 2. The van der Waals surface area contributed by atoms with Crippen LogP contribution in [0.5, 0.6) is 5.75 Å². The van der Waals surface area contributed by atoms with Crippen LogP contribution in [0.4, 0.5) is 11.4 Å². The Morgan fingerprint density at radius 2 is 1.82 bits per heavy atom. The molecule has 7 heteroatoms. The Kier molecular flexibility index (Phi) is 5.35. The summed E-state index contributed by atoms with van der Waals surface area (Å²) >= 11 is 0. The molecule has 0 bridgehead atoms. The van der Waals surface area contributed by atoms with Gasteiger partial charge in [0.05, 0.1) is 11.5 Å². The van der Waals surface area contributed by atoms with Crippen LogP contribution in [0.3, 0.4) is 0 Å². The van der Waals surface area contributed by atoms with Gasteiger partial charge in [-0.2, -0.15) is 0 Å². The molecule has 0 aromatic heterocycles. The average molecular weight is 534 g/mol. The maximum absolute atomic E-state index is 14.9. The van der Waals surface area contributed by atoms with Gasteiger partial charge in [0, 0.05) is 23.0 Å². The van der Waals surface area contributed by atoms with Crippen LogP contribution in [0.15, 0.2) is 73.3 Å². The summed E-state index contributed by atoms with van der Waals surface area (Å²) in [5, 5.41) is 6.27. The number of ether oxygens (including phenoxy) is 1. The number of Topliss-reactive ketones (excluding diaryl/α,β-unsaturated/α-hetero) is 1. The molecule has 4 heterocycles. The molecule has 0 radical (unpaired) electrons. The second-order valence-corrected chi connectivity index (χ2v) is 11.3. The SMILES string of the molecule is C=CCOc1ccccc1C(=O)[C@@H]1[C@@H]2CCCN2[C@]2(C(=O)Nc3c(C)cc(C)cc32)[C@@]12C(=O)Nc1ccccc12. The Hall–Kier alpha value is -4.23. The number of nitrogens with zero attached hydrogens (tertiary/aromatic N) is 1. The van der Waals surface area contributed by atoms with E-state index in [4.69, 9.17) is 4.74 Å². The number of amides is 2. The molecule has 2 N–H and O–H groups in total. The molecule has 0 aliphatic carbocycles. The van der Waals surface area contributed by atoms with Crippen molar-refractivity contribution in [2.24, 2.45) is 5.92 Å². The molecule has 4 atom stereocenters. The molecule has 7 rings (SSSR count). The van der Waals surface area contributed by atoms with Gasteiger partial charge in [-0.25, -0.2) is 0 Å². The lowest BCUT2D eigenvalue weighted by atomic mass is 9.57. The summed E-state index contributed by atoms with van der Waals surface area (Å²) < 4.78 is 5.92. The van der Waals surface area contributed by atoms with E-state index in [0.717, 1.165) is 28.8 Å².